The first-order valence-electron chi connectivity index (χ1n) is 9.90. The molecule has 2 aromatic carbocycles. The fourth-order valence-electron chi connectivity index (χ4n) is 4.91. The van der Waals surface area contributed by atoms with Gasteiger partial charge in [0, 0.05) is 25.2 Å². The molecule has 4 heteroatoms. The summed E-state index contributed by atoms with van der Waals surface area (Å²) in [5, 5.41) is 11.3. The van der Waals surface area contributed by atoms with Gasteiger partial charge in [0.05, 0.1) is 5.60 Å². The molecule has 2 aliphatic heterocycles. The summed E-state index contributed by atoms with van der Waals surface area (Å²) in [6, 6.07) is 16.1. The summed E-state index contributed by atoms with van der Waals surface area (Å²) in [5.41, 5.74) is 2.48. The molecule has 2 aliphatic rings. The Hall–Kier alpha value is -1.75. The molecule has 2 fully saturated rings. The van der Waals surface area contributed by atoms with E-state index in [0.717, 1.165) is 31.5 Å². The molecule has 2 saturated heterocycles. The van der Waals surface area contributed by atoms with E-state index in [0.29, 0.717) is 24.9 Å². The van der Waals surface area contributed by atoms with Crippen LogP contribution >= 0.6 is 0 Å². The summed E-state index contributed by atoms with van der Waals surface area (Å²) in [7, 11) is 4.16. The van der Waals surface area contributed by atoms with Crippen LogP contribution in [0.4, 0.5) is 4.39 Å². The van der Waals surface area contributed by atoms with Crippen LogP contribution in [0.3, 0.4) is 0 Å². The number of aliphatic hydroxyl groups is 1. The van der Waals surface area contributed by atoms with Crippen LogP contribution in [0.1, 0.15) is 42.4 Å². The first-order chi connectivity index (χ1) is 12.9. The highest BCUT2D eigenvalue weighted by atomic mass is 19.1. The minimum atomic E-state index is -0.903. The van der Waals surface area contributed by atoms with E-state index in [4.69, 9.17) is 0 Å². The van der Waals surface area contributed by atoms with Crippen LogP contribution in [0.5, 0.6) is 0 Å². The van der Waals surface area contributed by atoms with Gasteiger partial charge in [0.1, 0.15) is 5.82 Å². The minimum Gasteiger partial charge on any atom is -0.385 e. The van der Waals surface area contributed by atoms with Gasteiger partial charge in [-0.05, 0) is 68.6 Å². The van der Waals surface area contributed by atoms with Crippen LogP contribution in [-0.2, 0) is 18.7 Å². The van der Waals surface area contributed by atoms with Gasteiger partial charge in [0.15, 0.2) is 0 Å². The topological polar surface area (TPSA) is 26.7 Å². The van der Waals surface area contributed by atoms with Crippen molar-refractivity contribution in [2.24, 2.45) is 0 Å². The van der Waals surface area contributed by atoms with E-state index in [-0.39, 0.29) is 5.82 Å². The van der Waals surface area contributed by atoms with E-state index >= 15 is 0 Å². The molecule has 2 atom stereocenters. The number of halogens is 1. The highest BCUT2D eigenvalue weighted by Gasteiger charge is 2.48. The predicted octanol–water partition coefficient (Wildman–Crippen LogP) is 3.90. The van der Waals surface area contributed by atoms with Crippen molar-refractivity contribution in [2.75, 3.05) is 14.1 Å². The van der Waals surface area contributed by atoms with Crippen LogP contribution in [0.2, 0.25) is 0 Å². The third-order valence-corrected chi connectivity index (χ3v) is 6.17. The Bertz CT molecular complexity index is 775. The lowest BCUT2D eigenvalue weighted by atomic mass is 9.80. The van der Waals surface area contributed by atoms with Gasteiger partial charge in [-0.25, -0.2) is 4.39 Å². The Balaban J connectivity index is 1.46. The molecule has 144 valence electrons. The number of piperidine rings is 1. The van der Waals surface area contributed by atoms with E-state index < -0.39 is 5.60 Å². The molecule has 3 nitrogen and oxygen atoms in total. The second kappa shape index (κ2) is 7.34. The molecule has 27 heavy (non-hydrogen) atoms. The van der Waals surface area contributed by atoms with Crippen molar-refractivity contribution in [3.63, 3.8) is 0 Å². The number of benzene rings is 2. The van der Waals surface area contributed by atoms with Gasteiger partial charge in [-0.15, -0.1) is 0 Å². The maximum Gasteiger partial charge on any atom is 0.123 e. The fourth-order valence-corrected chi connectivity index (χ4v) is 4.91. The van der Waals surface area contributed by atoms with Gasteiger partial charge in [0.25, 0.3) is 0 Å². The average molecular weight is 368 g/mol. The number of hydrogen-bond acceptors (Lipinski definition) is 3. The minimum absolute atomic E-state index is 0.270. The predicted molar refractivity (Wildman–Crippen MR) is 106 cm³/mol. The van der Waals surface area contributed by atoms with Crippen LogP contribution in [0.15, 0.2) is 48.5 Å². The van der Waals surface area contributed by atoms with E-state index in [1.807, 2.05) is 6.07 Å². The standard InChI is InChI=1S/C23H29FN2O/c1-25(2)15-17-6-8-18(9-7-17)16-26-21-10-11-22(26)14-23(27,13-21)19-4-3-5-20(24)12-19/h3-9,12,21-22,27H,10-11,13-16H2,1-2H3/t21-,22-/m1/s1. The van der Waals surface area contributed by atoms with Crippen molar-refractivity contribution in [1.29, 1.82) is 0 Å². The molecule has 2 bridgehead atoms. The summed E-state index contributed by atoms with van der Waals surface area (Å²) >= 11 is 0. The molecular formula is C23H29FN2O. The second-order valence-electron chi connectivity index (χ2n) is 8.56. The third kappa shape index (κ3) is 3.93. The zero-order chi connectivity index (χ0) is 19.0. The average Bonchev–Trinajstić information content (AvgIpc) is 2.86. The summed E-state index contributed by atoms with van der Waals surface area (Å²) < 4.78 is 13.7. The van der Waals surface area contributed by atoms with Gasteiger partial charge < -0.3 is 10.0 Å². The van der Waals surface area contributed by atoms with Crippen molar-refractivity contribution < 1.29 is 9.50 Å². The molecule has 4 rings (SSSR count). The normalized spacial score (nSPS) is 28.0. The fraction of sp³-hybridized carbons (Fsp3) is 0.478. The Morgan fingerprint density at radius 2 is 1.67 bits per heavy atom. The van der Waals surface area contributed by atoms with Crippen molar-refractivity contribution in [1.82, 2.24) is 9.80 Å². The molecular weight excluding hydrogens is 339 g/mol. The smallest absolute Gasteiger partial charge is 0.123 e. The monoisotopic (exact) mass is 368 g/mol. The van der Waals surface area contributed by atoms with Crippen LogP contribution in [-0.4, -0.2) is 41.1 Å². The van der Waals surface area contributed by atoms with Crippen molar-refractivity contribution in [2.45, 2.75) is 56.5 Å². The molecule has 0 aromatic heterocycles. The quantitative estimate of drug-likeness (QED) is 0.867. The molecule has 2 aromatic rings. The van der Waals surface area contributed by atoms with Gasteiger partial charge in [0.2, 0.25) is 0 Å². The molecule has 0 saturated carbocycles. The molecule has 0 aliphatic carbocycles. The summed E-state index contributed by atoms with van der Waals surface area (Å²) in [6.07, 6.45) is 3.60. The molecule has 0 unspecified atom stereocenters. The summed E-state index contributed by atoms with van der Waals surface area (Å²) in [4.78, 5) is 4.72. The summed E-state index contributed by atoms with van der Waals surface area (Å²) in [6.45, 7) is 1.88. The molecule has 0 radical (unpaired) electrons. The molecule has 2 heterocycles. The highest BCUT2D eigenvalue weighted by molar-refractivity contribution is 5.27. The lowest BCUT2D eigenvalue weighted by Crippen LogP contribution is -2.49. The van der Waals surface area contributed by atoms with E-state index in [1.165, 1.54) is 23.3 Å². The Kier molecular flexibility index (Phi) is 5.06. The lowest BCUT2D eigenvalue weighted by Gasteiger charge is -2.44. The first kappa shape index (κ1) is 18.6. The third-order valence-electron chi connectivity index (χ3n) is 6.17. The maximum absolute atomic E-state index is 13.7. The largest absolute Gasteiger partial charge is 0.385 e. The molecule has 1 N–H and O–H groups in total. The number of hydrogen-bond donors (Lipinski definition) is 1. The SMILES string of the molecule is CN(C)Cc1ccc(CN2[C@@H]3CC[C@@H]2CC(O)(c2cccc(F)c2)C3)cc1. The van der Waals surface area contributed by atoms with Crippen LogP contribution in [0, 0.1) is 5.82 Å². The molecule has 0 spiro atoms. The van der Waals surface area contributed by atoms with Crippen molar-refractivity contribution >= 4 is 0 Å². The second-order valence-corrected chi connectivity index (χ2v) is 8.56. The highest BCUT2D eigenvalue weighted by Crippen LogP contribution is 2.46. The Morgan fingerprint density at radius 1 is 1.04 bits per heavy atom. The first-order valence-corrected chi connectivity index (χ1v) is 9.90. The summed E-state index contributed by atoms with van der Waals surface area (Å²) in [5.74, 6) is -0.270. The van der Waals surface area contributed by atoms with Crippen molar-refractivity contribution in [3.8, 4) is 0 Å². The van der Waals surface area contributed by atoms with Crippen LogP contribution < -0.4 is 0 Å². The Labute approximate surface area is 161 Å². The van der Waals surface area contributed by atoms with E-state index in [2.05, 4.69) is 48.2 Å². The van der Waals surface area contributed by atoms with Gasteiger partial charge in [-0.3, -0.25) is 4.90 Å². The van der Waals surface area contributed by atoms with Gasteiger partial charge in [-0.2, -0.15) is 0 Å². The number of nitrogens with zero attached hydrogens (tertiary/aromatic N) is 2. The molecule has 0 amide bonds. The zero-order valence-electron chi connectivity index (χ0n) is 16.2. The number of fused-ring (bicyclic) bond motifs is 2. The maximum atomic E-state index is 13.7. The van der Waals surface area contributed by atoms with Gasteiger partial charge in [-0.1, -0.05) is 36.4 Å². The van der Waals surface area contributed by atoms with Crippen molar-refractivity contribution in [3.05, 3.63) is 71.0 Å². The van der Waals surface area contributed by atoms with Crippen LogP contribution in [0.25, 0.3) is 0 Å². The number of rotatable bonds is 5. The van der Waals surface area contributed by atoms with E-state index in [1.54, 1.807) is 6.07 Å². The van der Waals surface area contributed by atoms with Gasteiger partial charge >= 0.3 is 0 Å². The van der Waals surface area contributed by atoms with E-state index in [9.17, 15) is 9.50 Å². The Morgan fingerprint density at radius 3 is 2.26 bits per heavy atom. The lowest BCUT2D eigenvalue weighted by molar-refractivity contribution is -0.0596. The zero-order valence-corrected chi connectivity index (χ0v) is 16.2.